The normalized spacial score (nSPS) is 11.4. The zero-order valence-corrected chi connectivity index (χ0v) is 16.3. The molecular formula is C20H20N2O5S. The van der Waals surface area contributed by atoms with Gasteiger partial charge in [0.15, 0.2) is 0 Å². The quantitative estimate of drug-likeness (QED) is 0.657. The second-order valence-electron chi connectivity index (χ2n) is 6.11. The molecule has 1 N–H and O–H groups in total. The molecule has 0 atom stereocenters. The molecule has 0 bridgehead atoms. The molecule has 1 amide bonds. The Kier molecular flexibility index (Phi) is 5.81. The molecule has 1 aromatic heterocycles. The van der Waals surface area contributed by atoms with E-state index in [-0.39, 0.29) is 17.6 Å². The van der Waals surface area contributed by atoms with Crippen LogP contribution in [0.5, 0.6) is 5.75 Å². The monoisotopic (exact) mass is 400 g/mol. The van der Waals surface area contributed by atoms with Crippen molar-refractivity contribution < 1.29 is 22.4 Å². The van der Waals surface area contributed by atoms with Crippen LogP contribution in [0.1, 0.15) is 16.1 Å². The van der Waals surface area contributed by atoms with Gasteiger partial charge in [0.1, 0.15) is 18.1 Å². The number of sulfonamides is 1. The third-order valence-electron chi connectivity index (χ3n) is 3.91. The fourth-order valence-corrected chi connectivity index (χ4v) is 3.22. The Morgan fingerprint density at radius 3 is 2.39 bits per heavy atom. The van der Waals surface area contributed by atoms with E-state index in [1.54, 1.807) is 36.4 Å². The van der Waals surface area contributed by atoms with Crippen molar-refractivity contribution in [2.75, 3.05) is 19.4 Å². The van der Waals surface area contributed by atoms with E-state index in [9.17, 15) is 13.2 Å². The van der Waals surface area contributed by atoms with Crippen LogP contribution in [-0.2, 0) is 16.6 Å². The SMILES string of the molecule is CN(C)S(=O)(=O)c1ccc(COc2ccccc2C(=O)Nc2ccccc2)o1. The van der Waals surface area contributed by atoms with Gasteiger partial charge in [-0.15, -0.1) is 0 Å². The Hall–Kier alpha value is -3.10. The van der Waals surface area contributed by atoms with Gasteiger partial charge in [-0.2, -0.15) is 0 Å². The first-order chi connectivity index (χ1) is 13.4. The number of furan rings is 1. The molecule has 7 nitrogen and oxygen atoms in total. The molecule has 0 aliphatic rings. The van der Waals surface area contributed by atoms with Crippen LogP contribution < -0.4 is 10.1 Å². The predicted octanol–water partition coefficient (Wildman–Crippen LogP) is 3.36. The number of nitrogens with one attached hydrogen (secondary N) is 1. The maximum absolute atomic E-state index is 12.6. The molecule has 0 saturated heterocycles. The minimum atomic E-state index is -3.65. The van der Waals surface area contributed by atoms with Gasteiger partial charge in [0, 0.05) is 19.8 Å². The smallest absolute Gasteiger partial charge is 0.275 e. The lowest BCUT2D eigenvalue weighted by Crippen LogP contribution is -2.21. The Bertz CT molecular complexity index is 1060. The summed E-state index contributed by atoms with van der Waals surface area (Å²) in [5.74, 6) is 0.389. The van der Waals surface area contributed by atoms with Gasteiger partial charge in [-0.1, -0.05) is 30.3 Å². The molecule has 3 aromatic rings. The summed E-state index contributed by atoms with van der Waals surface area (Å²) in [6, 6.07) is 18.8. The van der Waals surface area contributed by atoms with Crippen LogP contribution in [0.15, 0.2) is 76.2 Å². The number of carbonyl (C=O) groups is 1. The molecule has 0 aliphatic carbocycles. The number of nitrogens with zero attached hydrogens (tertiary/aromatic N) is 1. The van der Waals surface area contributed by atoms with Gasteiger partial charge in [0.05, 0.1) is 5.56 Å². The Morgan fingerprint density at radius 2 is 1.68 bits per heavy atom. The maximum atomic E-state index is 12.6. The van der Waals surface area contributed by atoms with E-state index in [1.165, 1.54) is 26.2 Å². The summed E-state index contributed by atoms with van der Waals surface area (Å²) in [5, 5.41) is 2.65. The number of ether oxygens (including phenoxy) is 1. The fourth-order valence-electron chi connectivity index (χ4n) is 2.40. The van der Waals surface area contributed by atoms with E-state index in [1.807, 2.05) is 18.2 Å². The number of anilines is 1. The second-order valence-corrected chi connectivity index (χ2v) is 8.20. The number of amides is 1. The number of para-hydroxylation sites is 2. The topological polar surface area (TPSA) is 88.8 Å². The molecule has 3 rings (SSSR count). The van der Waals surface area contributed by atoms with E-state index in [0.717, 1.165) is 4.31 Å². The maximum Gasteiger partial charge on any atom is 0.275 e. The predicted molar refractivity (Wildman–Crippen MR) is 105 cm³/mol. The molecule has 0 unspecified atom stereocenters. The average molecular weight is 400 g/mol. The molecule has 8 heteroatoms. The van der Waals surface area contributed by atoms with Crippen molar-refractivity contribution in [2.24, 2.45) is 0 Å². The Labute approximate surface area is 163 Å². The number of rotatable bonds is 7. The van der Waals surface area contributed by atoms with Crippen LogP contribution >= 0.6 is 0 Å². The van der Waals surface area contributed by atoms with Crippen LogP contribution in [0.3, 0.4) is 0 Å². The Balaban J connectivity index is 1.72. The van der Waals surface area contributed by atoms with Gasteiger partial charge in [-0.25, -0.2) is 12.7 Å². The standard InChI is InChI=1S/C20H20N2O5S/c1-22(2)28(24,25)19-13-12-16(27-19)14-26-18-11-7-6-10-17(18)20(23)21-15-8-4-3-5-9-15/h3-13H,14H2,1-2H3,(H,21,23). The van der Waals surface area contributed by atoms with E-state index in [2.05, 4.69) is 5.32 Å². The summed E-state index contributed by atoms with van der Waals surface area (Å²) in [4.78, 5) is 12.6. The molecule has 0 aliphatic heterocycles. The van der Waals surface area contributed by atoms with Crippen LogP contribution in [-0.4, -0.2) is 32.7 Å². The highest BCUT2D eigenvalue weighted by Crippen LogP contribution is 2.23. The van der Waals surface area contributed by atoms with E-state index in [0.29, 0.717) is 22.8 Å². The minimum absolute atomic E-state index is 0.0153. The van der Waals surface area contributed by atoms with Crippen molar-refractivity contribution in [3.63, 3.8) is 0 Å². The van der Waals surface area contributed by atoms with Crippen LogP contribution in [0.4, 0.5) is 5.69 Å². The van der Waals surface area contributed by atoms with Crippen molar-refractivity contribution in [3.05, 3.63) is 78.1 Å². The molecule has 0 saturated carbocycles. The number of hydrogen-bond acceptors (Lipinski definition) is 5. The summed E-state index contributed by atoms with van der Waals surface area (Å²) in [6.45, 7) is -0.0153. The highest BCUT2D eigenvalue weighted by atomic mass is 32.2. The average Bonchev–Trinajstić information content (AvgIpc) is 3.17. The van der Waals surface area contributed by atoms with E-state index in [4.69, 9.17) is 9.15 Å². The van der Waals surface area contributed by atoms with Crippen molar-refractivity contribution in [1.82, 2.24) is 4.31 Å². The lowest BCUT2D eigenvalue weighted by atomic mass is 10.2. The van der Waals surface area contributed by atoms with Gasteiger partial charge in [0.2, 0.25) is 5.09 Å². The van der Waals surface area contributed by atoms with Crippen LogP contribution in [0.25, 0.3) is 0 Å². The van der Waals surface area contributed by atoms with Gasteiger partial charge in [-0.05, 0) is 36.4 Å². The van der Waals surface area contributed by atoms with Crippen LogP contribution in [0, 0.1) is 0 Å². The fraction of sp³-hybridized carbons (Fsp3) is 0.150. The minimum Gasteiger partial charge on any atom is -0.485 e. The summed E-state index contributed by atoms with van der Waals surface area (Å²) < 4.78 is 36.3. The van der Waals surface area contributed by atoms with E-state index < -0.39 is 10.0 Å². The summed E-state index contributed by atoms with van der Waals surface area (Å²) in [5.41, 5.74) is 1.03. The zero-order valence-electron chi connectivity index (χ0n) is 15.5. The first-order valence-corrected chi connectivity index (χ1v) is 9.91. The second kappa shape index (κ2) is 8.28. The highest BCUT2D eigenvalue weighted by molar-refractivity contribution is 7.88. The molecule has 0 fully saturated rings. The number of benzene rings is 2. The van der Waals surface area contributed by atoms with Gasteiger partial charge in [-0.3, -0.25) is 4.79 Å². The van der Waals surface area contributed by atoms with Gasteiger partial charge >= 0.3 is 0 Å². The lowest BCUT2D eigenvalue weighted by Gasteiger charge is -2.11. The largest absolute Gasteiger partial charge is 0.485 e. The lowest BCUT2D eigenvalue weighted by molar-refractivity contribution is 0.102. The third kappa shape index (κ3) is 4.41. The van der Waals surface area contributed by atoms with Gasteiger partial charge in [0.25, 0.3) is 15.9 Å². The summed E-state index contributed by atoms with van der Waals surface area (Å²) in [6.07, 6.45) is 0. The molecular weight excluding hydrogens is 380 g/mol. The molecule has 0 radical (unpaired) electrons. The first kappa shape index (κ1) is 19.7. The van der Waals surface area contributed by atoms with Crippen molar-refractivity contribution in [2.45, 2.75) is 11.7 Å². The Morgan fingerprint density at radius 1 is 1.00 bits per heavy atom. The van der Waals surface area contributed by atoms with Crippen molar-refractivity contribution in [1.29, 1.82) is 0 Å². The van der Waals surface area contributed by atoms with Gasteiger partial charge < -0.3 is 14.5 Å². The molecule has 0 spiro atoms. The number of hydrogen-bond donors (Lipinski definition) is 1. The van der Waals surface area contributed by atoms with E-state index >= 15 is 0 Å². The number of carbonyl (C=O) groups excluding carboxylic acids is 1. The third-order valence-corrected chi connectivity index (χ3v) is 5.59. The van der Waals surface area contributed by atoms with Crippen molar-refractivity contribution >= 4 is 21.6 Å². The summed E-state index contributed by atoms with van der Waals surface area (Å²) >= 11 is 0. The molecule has 28 heavy (non-hydrogen) atoms. The molecule has 2 aromatic carbocycles. The highest BCUT2D eigenvalue weighted by Gasteiger charge is 2.22. The van der Waals surface area contributed by atoms with Crippen LogP contribution in [0.2, 0.25) is 0 Å². The molecule has 146 valence electrons. The molecule has 1 heterocycles. The zero-order chi connectivity index (χ0) is 20.1. The first-order valence-electron chi connectivity index (χ1n) is 8.47. The van der Waals surface area contributed by atoms with Crippen molar-refractivity contribution in [3.8, 4) is 5.75 Å². The summed E-state index contributed by atoms with van der Waals surface area (Å²) in [7, 11) is -0.796.